The molecule has 0 amide bonds. The number of rotatable bonds is 1. The van der Waals surface area contributed by atoms with Crippen LogP contribution in [0, 0.1) is 12.7 Å². The molecule has 0 saturated heterocycles. The fraction of sp³-hybridized carbons (Fsp3) is 0.417. The second-order valence-corrected chi connectivity index (χ2v) is 5.20. The van der Waals surface area contributed by atoms with E-state index in [1.165, 1.54) is 6.07 Å². The van der Waals surface area contributed by atoms with Crippen molar-refractivity contribution in [2.45, 2.75) is 33.2 Å². The zero-order valence-corrected chi connectivity index (χ0v) is 10.8. The standard InChI is InChI=1S/C12H17FN2S/c1-8-5-6-9(7-10(8)13)14-11(16)15-12(2,3)4/h5-7H,1-4H3,(H2,14,15,16). The minimum Gasteiger partial charge on any atom is -0.358 e. The highest BCUT2D eigenvalue weighted by molar-refractivity contribution is 7.80. The summed E-state index contributed by atoms with van der Waals surface area (Å²) in [6.45, 7) is 7.76. The summed E-state index contributed by atoms with van der Waals surface area (Å²) in [6.07, 6.45) is 0. The first-order chi connectivity index (χ1) is 7.28. The number of nitrogens with one attached hydrogen (secondary N) is 2. The molecule has 2 N–H and O–H groups in total. The molecule has 16 heavy (non-hydrogen) atoms. The summed E-state index contributed by atoms with van der Waals surface area (Å²) in [5.41, 5.74) is 1.18. The maximum Gasteiger partial charge on any atom is 0.171 e. The largest absolute Gasteiger partial charge is 0.358 e. The number of aryl methyl sites for hydroxylation is 1. The molecular formula is C12H17FN2S. The SMILES string of the molecule is Cc1ccc(NC(=S)NC(C)(C)C)cc1F. The molecule has 0 unspecified atom stereocenters. The molecule has 0 heterocycles. The second kappa shape index (κ2) is 4.78. The van der Waals surface area contributed by atoms with Crippen LogP contribution in [0.1, 0.15) is 26.3 Å². The van der Waals surface area contributed by atoms with Crippen molar-refractivity contribution in [2.75, 3.05) is 5.32 Å². The van der Waals surface area contributed by atoms with E-state index in [0.29, 0.717) is 16.4 Å². The summed E-state index contributed by atoms with van der Waals surface area (Å²) < 4.78 is 13.3. The van der Waals surface area contributed by atoms with Gasteiger partial charge in [-0.15, -0.1) is 0 Å². The van der Waals surface area contributed by atoms with E-state index < -0.39 is 0 Å². The lowest BCUT2D eigenvalue weighted by Gasteiger charge is -2.23. The Balaban J connectivity index is 2.67. The third-order valence-corrected chi connectivity index (χ3v) is 2.12. The lowest BCUT2D eigenvalue weighted by atomic mass is 10.1. The topological polar surface area (TPSA) is 24.1 Å². The highest BCUT2D eigenvalue weighted by Gasteiger charge is 2.11. The van der Waals surface area contributed by atoms with E-state index in [1.54, 1.807) is 19.1 Å². The highest BCUT2D eigenvalue weighted by Crippen LogP contribution is 2.13. The van der Waals surface area contributed by atoms with Crippen LogP contribution >= 0.6 is 12.2 Å². The van der Waals surface area contributed by atoms with E-state index in [9.17, 15) is 4.39 Å². The smallest absolute Gasteiger partial charge is 0.171 e. The highest BCUT2D eigenvalue weighted by atomic mass is 32.1. The number of hydrogen-bond donors (Lipinski definition) is 2. The Bertz CT molecular complexity index is 396. The number of benzene rings is 1. The van der Waals surface area contributed by atoms with Crippen LogP contribution in [-0.2, 0) is 0 Å². The van der Waals surface area contributed by atoms with Gasteiger partial charge in [-0.25, -0.2) is 4.39 Å². The molecule has 0 aliphatic rings. The maximum absolute atomic E-state index is 13.3. The van der Waals surface area contributed by atoms with E-state index in [2.05, 4.69) is 10.6 Å². The van der Waals surface area contributed by atoms with Crippen molar-refractivity contribution >= 4 is 23.0 Å². The zero-order valence-electron chi connectivity index (χ0n) is 10.0. The van der Waals surface area contributed by atoms with E-state index in [1.807, 2.05) is 20.8 Å². The third-order valence-electron chi connectivity index (χ3n) is 1.92. The molecule has 1 aromatic carbocycles. The predicted molar refractivity (Wildman–Crippen MR) is 70.2 cm³/mol. The van der Waals surface area contributed by atoms with E-state index in [4.69, 9.17) is 12.2 Å². The van der Waals surface area contributed by atoms with Gasteiger partial charge >= 0.3 is 0 Å². The molecular weight excluding hydrogens is 223 g/mol. The number of halogens is 1. The molecule has 2 nitrogen and oxygen atoms in total. The molecule has 0 atom stereocenters. The van der Waals surface area contributed by atoms with Crippen molar-refractivity contribution in [3.05, 3.63) is 29.6 Å². The van der Waals surface area contributed by atoms with Gasteiger partial charge in [-0.05, 0) is 57.6 Å². The molecule has 4 heteroatoms. The summed E-state index contributed by atoms with van der Waals surface area (Å²) in [4.78, 5) is 0. The molecule has 0 spiro atoms. The van der Waals surface area contributed by atoms with E-state index >= 15 is 0 Å². The molecule has 1 rings (SSSR count). The monoisotopic (exact) mass is 240 g/mol. The number of thiocarbonyl (C=S) groups is 1. The van der Waals surface area contributed by atoms with Gasteiger partial charge in [-0.1, -0.05) is 6.07 Å². The van der Waals surface area contributed by atoms with Crippen LogP contribution in [-0.4, -0.2) is 10.7 Å². The van der Waals surface area contributed by atoms with Gasteiger partial charge in [-0.3, -0.25) is 0 Å². The average Bonchev–Trinajstić information content (AvgIpc) is 2.08. The van der Waals surface area contributed by atoms with Crippen molar-refractivity contribution < 1.29 is 4.39 Å². The minimum absolute atomic E-state index is 0.104. The van der Waals surface area contributed by atoms with E-state index in [-0.39, 0.29) is 11.4 Å². The van der Waals surface area contributed by atoms with Crippen LogP contribution in [0.5, 0.6) is 0 Å². The molecule has 0 saturated carbocycles. The fourth-order valence-electron chi connectivity index (χ4n) is 1.17. The van der Waals surface area contributed by atoms with Crippen LogP contribution in [0.25, 0.3) is 0 Å². The lowest BCUT2D eigenvalue weighted by Crippen LogP contribution is -2.42. The third kappa shape index (κ3) is 4.14. The first-order valence-electron chi connectivity index (χ1n) is 5.13. The van der Waals surface area contributed by atoms with Crippen LogP contribution in [0.2, 0.25) is 0 Å². The normalized spacial score (nSPS) is 11.1. The predicted octanol–water partition coefficient (Wildman–Crippen LogP) is 3.22. The fourth-order valence-corrected chi connectivity index (χ4v) is 1.60. The first-order valence-corrected chi connectivity index (χ1v) is 5.54. The molecule has 1 aromatic rings. The summed E-state index contributed by atoms with van der Waals surface area (Å²) in [7, 11) is 0. The van der Waals surface area contributed by atoms with Gasteiger partial charge in [0.15, 0.2) is 5.11 Å². The van der Waals surface area contributed by atoms with Crippen molar-refractivity contribution in [1.29, 1.82) is 0 Å². The summed E-state index contributed by atoms with van der Waals surface area (Å²) >= 11 is 5.12. The summed E-state index contributed by atoms with van der Waals surface area (Å²) in [6, 6.07) is 4.96. The molecule has 88 valence electrons. The Kier molecular flexibility index (Phi) is 3.86. The average molecular weight is 240 g/mol. The maximum atomic E-state index is 13.3. The van der Waals surface area contributed by atoms with Gasteiger partial charge in [0.25, 0.3) is 0 Å². The van der Waals surface area contributed by atoms with Gasteiger partial charge in [0.05, 0.1) is 0 Å². The van der Waals surface area contributed by atoms with Crippen LogP contribution < -0.4 is 10.6 Å². The molecule has 0 aliphatic carbocycles. The Labute approximate surface area is 101 Å². The quantitative estimate of drug-likeness (QED) is 0.737. The zero-order chi connectivity index (χ0) is 12.3. The second-order valence-electron chi connectivity index (χ2n) is 4.79. The molecule has 0 bridgehead atoms. The van der Waals surface area contributed by atoms with Crippen molar-refractivity contribution in [3.8, 4) is 0 Å². The first kappa shape index (κ1) is 12.9. The van der Waals surface area contributed by atoms with Crippen LogP contribution in [0.3, 0.4) is 0 Å². The van der Waals surface area contributed by atoms with Crippen molar-refractivity contribution in [2.24, 2.45) is 0 Å². The Morgan fingerprint density at radius 3 is 2.44 bits per heavy atom. The Hall–Kier alpha value is -1.16. The van der Waals surface area contributed by atoms with Crippen LogP contribution in [0.15, 0.2) is 18.2 Å². The Morgan fingerprint density at radius 2 is 1.94 bits per heavy atom. The van der Waals surface area contributed by atoms with Crippen molar-refractivity contribution in [3.63, 3.8) is 0 Å². The lowest BCUT2D eigenvalue weighted by molar-refractivity contribution is 0.515. The van der Waals surface area contributed by atoms with Gasteiger partial charge in [-0.2, -0.15) is 0 Å². The van der Waals surface area contributed by atoms with Gasteiger partial charge < -0.3 is 10.6 Å². The number of hydrogen-bond acceptors (Lipinski definition) is 1. The molecule has 0 aromatic heterocycles. The van der Waals surface area contributed by atoms with Crippen molar-refractivity contribution in [1.82, 2.24) is 5.32 Å². The van der Waals surface area contributed by atoms with Gasteiger partial charge in [0, 0.05) is 11.2 Å². The molecule has 0 fully saturated rings. The van der Waals surface area contributed by atoms with Gasteiger partial charge in [0.2, 0.25) is 0 Å². The Morgan fingerprint density at radius 1 is 1.31 bits per heavy atom. The summed E-state index contributed by atoms with van der Waals surface area (Å²) in [5, 5.41) is 6.54. The molecule has 0 aliphatic heterocycles. The summed E-state index contributed by atoms with van der Waals surface area (Å²) in [5.74, 6) is -0.233. The van der Waals surface area contributed by atoms with Gasteiger partial charge in [0.1, 0.15) is 5.82 Å². The van der Waals surface area contributed by atoms with Crippen LogP contribution in [0.4, 0.5) is 10.1 Å². The number of anilines is 1. The van der Waals surface area contributed by atoms with E-state index in [0.717, 1.165) is 0 Å². The minimum atomic E-state index is -0.233. The molecule has 0 radical (unpaired) electrons.